The van der Waals surface area contributed by atoms with Gasteiger partial charge in [0.25, 0.3) is 0 Å². The molecule has 0 unspecified atom stereocenters. The Morgan fingerprint density at radius 3 is 2.04 bits per heavy atom. The zero-order valence-corrected chi connectivity index (χ0v) is 13.7. The molecule has 0 saturated heterocycles. The number of carbonyl (C=O) groups is 2. The Balaban J connectivity index is 1.43. The van der Waals surface area contributed by atoms with Crippen LogP contribution in [0, 0.1) is 11.7 Å². The topological polar surface area (TPSA) is 70.2 Å². The fourth-order valence-corrected chi connectivity index (χ4v) is 2.34. The number of carbonyl (C=O) groups excluding carboxylic acids is 2. The van der Waals surface area contributed by atoms with Gasteiger partial charge in [0.15, 0.2) is 0 Å². The number of benzene rings is 2. The molecular formula is C19H20FN3O2. The Bertz CT molecular complexity index is 740. The summed E-state index contributed by atoms with van der Waals surface area (Å²) in [5.74, 6) is 0.00901. The van der Waals surface area contributed by atoms with E-state index in [1.54, 1.807) is 24.3 Å². The second kappa shape index (κ2) is 7.79. The van der Waals surface area contributed by atoms with E-state index < -0.39 is 0 Å². The fourth-order valence-electron chi connectivity index (χ4n) is 2.34. The minimum atomic E-state index is -0.334. The molecule has 1 saturated carbocycles. The van der Waals surface area contributed by atoms with Crippen LogP contribution in [0.5, 0.6) is 0 Å². The van der Waals surface area contributed by atoms with E-state index in [0.717, 1.165) is 24.0 Å². The Morgan fingerprint density at radius 2 is 1.44 bits per heavy atom. The van der Waals surface area contributed by atoms with Gasteiger partial charge in [0.05, 0.1) is 0 Å². The number of nitrogens with one attached hydrogen (secondary N) is 3. The van der Waals surface area contributed by atoms with Gasteiger partial charge >= 0.3 is 6.03 Å². The van der Waals surface area contributed by atoms with Gasteiger partial charge in [-0.05, 0) is 48.2 Å². The predicted molar refractivity (Wildman–Crippen MR) is 93.3 cm³/mol. The lowest BCUT2D eigenvalue weighted by molar-refractivity contribution is -0.122. The van der Waals surface area contributed by atoms with E-state index in [0.29, 0.717) is 18.8 Å². The number of hydrogen-bond donors (Lipinski definition) is 3. The maximum atomic E-state index is 12.8. The van der Waals surface area contributed by atoms with Crippen molar-refractivity contribution in [3.05, 3.63) is 65.5 Å². The van der Waals surface area contributed by atoms with Crippen LogP contribution in [0.25, 0.3) is 0 Å². The largest absolute Gasteiger partial charge is 0.352 e. The van der Waals surface area contributed by atoms with Crippen molar-refractivity contribution >= 4 is 17.6 Å². The molecule has 5 nitrogen and oxygen atoms in total. The lowest BCUT2D eigenvalue weighted by atomic mass is 10.2. The van der Waals surface area contributed by atoms with Crippen molar-refractivity contribution in [2.45, 2.75) is 25.9 Å². The molecule has 0 radical (unpaired) electrons. The molecule has 3 rings (SSSR count). The van der Waals surface area contributed by atoms with Crippen molar-refractivity contribution in [3.63, 3.8) is 0 Å². The zero-order valence-electron chi connectivity index (χ0n) is 13.7. The van der Waals surface area contributed by atoms with Gasteiger partial charge in [-0.1, -0.05) is 24.3 Å². The summed E-state index contributed by atoms with van der Waals surface area (Å²) in [5, 5.41) is 8.34. The molecule has 0 bridgehead atoms. The van der Waals surface area contributed by atoms with Crippen LogP contribution in [0.1, 0.15) is 24.0 Å². The van der Waals surface area contributed by atoms with Crippen LogP contribution in [-0.4, -0.2) is 11.9 Å². The molecule has 1 fully saturated rings. The Labute approximate surface area is 145 Å². The molecule has 0 aromatic heterocycles. The summed E-state index contributed by atoms with van der Waals surface area (Å²) < 4.78 is 12.8. The van der Waals surface area contributed by atoms with Gasteiger partial charge in [-0.3, -0.25) is 4.79 Å². The highest BCUT2D eigenvalue weighted by molar-refractivity contribution is 5.89. The third-order valence-corrected chi connectivity index (χ3v) is 3.99. The summed E-state index contributed by atoms with van der Waals surface area (Å²) >= 11 is 0. The highest BCUT2D eigenvalue weighted by Gasteiger charge is 2.29. The molecule has 3 N–H and O–H groups in total. The van der Waals surface area contributed by atoms with Gasteiger partial charge in [-0.2, -0.15) is 0 Å². The molecule has 2 aromatic rings. The maximum Gasteiger partial charge on any atom is 0.319 e. The maximum absolute atomic E-state index is 12.8. The summed E-state index contributed by atoms with van der Waals surface area (Å²) in [4.78, 5) is 23.5. The lowest BCUT2D eigenvalue weighted by Crippen LogP contribution is -2.28. The lowest BCUT2D eigenvalue weighted by Gasteiger charge is -2.09. The molecule has 2 aromatic carbocycles. The number of rotatable bonds is 6. The Morgan fingerprint density at radius 1 is 0.880 bits per heavy atom. The molecular weight excluding hydrogens is 321 g/mol. The van der Waals surface area contributed by atoms with E-state index in [4.69, 9.17) is 0 Å². The Kier molecular flexibility index (Phi) is 5.28. The highest BCUT2D eigenvalue weighted by atomic mass is 19.1. The van der Waals surface area contributed by atoms with E-state index in [2.05, 4.69) is 16.0 Å². The average molecular weight is 341 g/mol. The molecule has 130 valence electrons. The molecule has 1 aliphatic rings. The molecule has 0 atom stereocenters. The van der Waals surface area contributed by atoms with Gasteiger partial charge in [0.1, 0.15) is 5.82 Å². The van der Waals surface area contributed by atoms with Crippen molar-refractivity contribution in [2.24, 2.45) is 5.92 Å². The van der Waals surface area contributed by atoms with Gasteiger partial charge in [0.2, 0.25) is 5.91 Å². The van der Waals surface area contributed by atoms with Gasteiger partial charge in [0, 0.05) is 24.7 Å². The van der Waals surface area contributed by atoms with Crippen molar-refractivity contribution in [3.8, 4) is 0 Å². The van der Waals surface area contributed by atoms with Crippen LogP contribution in [0.3, 0.4) is 0 Å². The van der Waals surface area contributed by atoms with E-state index in [-0.39, 0.29) is 23.7 Å². The first kappa shape index (κ1) is 17.0. The second-order valence-corrected chi connectivity index (χ2v) is 6.12. The zero-order chi connectivity index (χ0) is 17.6. The molecule has 0 heterocycles. The summed E-state index contributed by atoms with van der Waals surface area (Å²) in [7, 11) is 0. The van der Waals surface area contributed by atoms with Crippen molar-refractivity contribution in [1.29, 1.82) is 0 Å². The average Bonchev–Trinajstić information content (AvgIpc) is 3.45. The smallest absolute Gasteiger partial charge is 0.319 e. The first-order valence-electron chi connectivity index (χ1n) is 8.26. The highest BCUT2D eigenvalue weighted by Crippen LogP contribution is 2.28. The number of anilines is 1. The summed E-state index contributed by atoms with van der Waals surface area (Å²) in [6.45, 7) is 0.809. The fraction of sp³-hybridized carbons (Fsp3) is 0.263. The quantitative estimate of drug-likeness (QED) is 0.755. The van der Waals surface area contributed by atoms with Crippen molar-refractivity contribution in [2.75, 3.05) is 5.32 Å². The summed E-state index contributed by atoms with van der Waals surface area (Å²) in [6, 6.07) is 12.9. The molecule has 3 amide bonds. The standard InChI is InChI=1S/C19H20FN3O2/c20-16-7-1-13(2-8-16)12-22-19(25)23-17-9-3-14(4-10-17)11-21-18(24)15-5-6-15/h1-4,7-10,15H,5-6,11-12H2,(H,21,24)(H2,22,23,25). The van der Waals surface area contributed by atoms with Crippen LogP contribution < -0.4 is 16.0 Å². The molecule has 0 spiro atoms. The van der Waals surface area contributed by atoms with E-state index >= 15 is 0 Å². The first-order valence-corrected chi connectivity index (χ1v) is 8.26. The van der Waals surface area contributed by atoms with Crippen LogP contribution >= 0.6 is 0 Å². The number of amides is 3. The first-order chi connectivity index (χ1) is 12.1. The molecule has 25 heavy (non-hydrogen) atoms. The van der Waals surface area contributed by atoms with Gasteiger partial charge < -0.3 is 16.0 Å². The van der Waals surface area contributed by atoms with Crippen LogP contribution in [0.2, 0.25) is 0 Å². The minimum Gasteiger partial charge on any atom is -0.352 e. The molecule has 1 aliphatic carbocycles. The summed E-state index contributed by atoms with van der Waals surface area (Å²) in [6.07, 6.45) is 1.98. The Hall–Kier alpha value is -2.89. The number of urea groups is 1. The van der Waals surface area contributed by atoms with Crippen molar-refractivity contribution in [1.82, 2.24) is 10.6 Å². The SMILES string of the molecule is O=C(NCc1ccc(F)cc1)Nc1ccc(CNC(=O)C2CC2)cc1. The third kappa shape index (κ3) is 5.31. The monoisotopic (exact) mass is 341 g/mol. The minimum absolute atomic E-state index is 0.113. The van der Waals surface area contributed by atoms with Gasteiger partial charge in [-0.15, -0.1) is 0 Å². The van der Waals surface area contributed by atoms with E-state index in [9.17, 15) is 14.0 Å². The van der Waals surface area contributed by atoms with E-state index in [1.165, 1.54) is 12.1 Å². The molecule has 6 heteroatoms. The number of halogens is 1. The second-order valence-electron chi connectivity index (χ2n) is 6.12. The van der Waals surface area contributed by atoms with Gasteiger partial charge in [-0.25, -0.2) is 9.18 Å². The van der Waals surface area contributed by atoms with Crippen LogP contribution in [0.4, 0.5) is 14.9 Å². The predicted octanol–water partition coefficient (Wildman–Crippen LogP) is 3.17. The normalized spacial score (nSPS) is 13.2. The third-order valence-electron chi connectivity index (χ3n) is 3.99. The van der Waals surface area contributed by atoms with Crippen molar-refractivity contribution < 1.29 is 14.0 Å². The van der Waals surface area contributed by atoms with E-state index in [1.807, 2.05) is 12.1 Å². The summed E-state index contributed by atoms with van der Waals surface area (Å²) in [5.41, 5.74) is 2.46. The van der Waals surface area contributed by atoms with Crippen LogP contribution in [-0.2, 0) is 17.9 Å². The van der Waals surface area contributed by atoms with Crippen LogP contribution in [0.15, 0.2) is 48.5 Å². The molecule has 0 aliphatic heterocycles. The number of hydrogen-bond acceptors (Lipinski definition) is 2.